The fraction of sp³-hybridized carbons (Fsp3) is 0.121. The molecule has 2 heterocycles. The summed E-state index contributed by atoms with van der Waals surface area (Å²) in [7, 11) is 0. The number of hydrogen-bond donors (Lipinski definition) is 0. The van der Waals surface area contributed by atoms with Crippen molar-refractivity contribution in [2.75, 3.05) is 0 Å². The Morgan fingerprint density at radius 2 is 1.24 bits per heavy atom. The molecule has 0 saturated heterocycles. The van der Waals surface area contributed by atoms with Crippen molar-refractivity contribution < 1.29 is 0 Å². The minimum Gasteiger partial charge on any atom is -0.134 e. The number of hydrogen-bond acceptors (Lipinski definition) is 2. The standard InChI is InChI=1S/C66H48S2/c1-4-16-44-37-48(28-25-41(44)13-1)63-53-21-9-11-23-55(53)66(56-24-12-10-22-54(56)63)62-36-35-61(68-62)60-34-33-59(67-60)47-31-32-57-58(40-47)65(50-30-27-43-15-3-6-18-46(43)39-50)52-20-8-7-19-51(52)64(57)49-29-26-42-14-2-5-17-45(42)38-49/h1-9,11,13-18,20-28,30-36,38-40,44,49,51H,10,12,19,29,37H2. The smallest absolute Gasteiger partial charge is 0.0449 e. The van der Waals surface area contributed by atoms with Gasteiger partial charge in [-0.2, -0.15) is 0 Å². The summed E-state index contributed by atoms with van der Waals surface area (Å²) in [4.78, 5) is 5.29. The van der Waals surface area contributed by atoms with Crippen LogP contribution in [0.1, 0.15) is 43.2 Å². The van der Waals surface area contributed by atoms with Crippen LogP contribution in [-0.2, 0) is 0 Å². The number of rotatable bonds is 6. The van der Waals surface area contributed by atoms with Crippen molar-refractivity contribution in [3.8, 4) is 30.6 Å². The molecular weight excluding hydrogens is 857 g/mol. The van der Waals surface area contributed by atoms with E-state index in [0.29, 0.717) is 17.8 Å². The molecule has 2 heteroatoms. The number of thiophene rings is 2. The minimum atomic E-state index is 0.330. The SMILES string of the molecule is C1=CCC2C(=C1)C(c1ccc3ccccc3c1)=c1cc(-c3ccc(-c4ccc(-c5c6c(c(C7=CC=C8C=CC=CC8C7)c7ccccc57)=CCCC=6)s4)s3)ccc1=C2C1C=c2ccccc2=CC1. The van der Waals surface area contributed by atoms with Gasteiger partial charge in [0.15, 0.2) is 0 Å². The summed E-state index contributed by atoms with van der Waals surface area (Å²) in [6.45, 7) is 0. The molecule has 0 bridgehead atoms. The largest absolute Gasteiger partial charge is 0.134 e. The highest BCUT2D eigenvalue weighted by atomic mass is 32.1. The Morgan fingerprint density at radius 1 is 0.500 bits per heavy atom. The Bertz CT molecular complexity index is 4070. The van der Waals surface area contributed by atoms with Crippen LogP contribution >= 0.6 is 22.7 Å². The Balaban J connectivity index is 0.900. The summed E-state index contributed by atoms with van der Waals surface area (Å²) in [6.07, 6.45) is 36.2. The predicted octanol–water partition coefficient (Wildman–Crippen LogP) is 13.1. The minimum absolute atomic E-state index is 0.330. The van der Waals surface area contributed by atoms with Crippen molar-refractivity contribution in [2.24, 2.45) is 17.8 Å². The monoisotopic (exact) mass is 904 g/mol. The van der Waals surface area contributed by atoms with E-state index in [1.807, 2.05) is 22.7 Å². The highest BCUT2D eigenvalue weighted by Gasteiger charge is 2.32. The average molecular weight is 905 g/mol. The summed E-state index contributed by atoms with van der Waals surface area (Å²) < 4.78 is 0. The van der Waals surface area contributed by atoms with Crippen molar-refractivity contribution >= 4 is 85.2 Å². The van der Waals surface area contributed by atoms with Gasteiger partial charge in [-0.05, 0) is 166 Å². The molecule has 0 nitrogen and oxygen atoms in total. The van der Waals surface area contributed by atoms with Crippen molar-refractivity contribution in [1.29, 1.82) is 0 Å². The van der Waals surface area contributed by atoms with Gasteiger partial charge < -0.3 is 0 Å². The number of allylic oxidation sites excluding steroid dienone is 12. The molecule has 0 aliphatic heterocycles. The molecule has 324 valence electrons. The normalized spacial score (nSPS) is 19.8. The van der Waals surface area contributed by atoms with Gasteiger partial charge in [0.1, 0.15) is 0 Å². The maximum atomic E-state index is 2.55. The molecule has 0 amide bonds. The molecule has 2 aromatic heterocycles. The molecule has 6 aromatic carbocycles. The maximum Gasteiger partial charge on any atom is 0.0449 e. The summed E-state index contributed by atoms with van der Waals surface area (Å²) in [5.74, 6) is 1.11. The molecule has 3 atom stereocenters. The van der Waals surface area contributed by atoms with Crippen molar-refractivity contribution in [3.63, 3.8) is 0 Å². The highest BCUT2D eigenvalue weighted by Crippen LogP contribution is 2.45. The zero-order chi connectivity index (χ0) is 44.7. The predicted molar refractivity (Wildman–Crippen MR) is 293 cm³/mol. The van der Waals surface area contributed by atoms with Crippen LogP contribution in [0.25, 0.3) is 93.2 Å². The maximum absolute atomic E-state index is 2.55. The zero-order valence-electron chi connectivity index (χ0n) is 37.8. The summed E-state index contributed by atoms with van der Waals surface area (Å²) in [5.41, 5.74) is 12.7. The third-order valence-corrected chi connectivity index (χ3v) is 17.8. The lowest BCUT2D eigenvalue weighted by atomic mass is 9.69. The molecular formula is C66H48S2. The lowest BCUT2D eigenvalue weighted by molar-refractivity contribution is 0.719. The van der Waals surface area contributed by atoms with E-state index in [2.05, 4.69) is 212 Å². The van der Waals surface area contributed by atoms with Gasteiger partial charge in [-0.25, -0.2) is 0 Å². The Labute approximate surface area is 405 Å². The number of fused-ring (bicyclic) bond motifs is 7. The second kappa shape index (κ2) is 16.3. The second-order valence-corrected chi connectivity index (χ2v) is 21.4. The van der Waals surface area contributed by atoms with E-state index in [-0.39, 0.29) is 0 Å². The first kappa shape index (κ1) is 40.0. The molecule has 0 radical (unpaired) electrons. The first-order chi connectivity index (χ1) is 33.7. The van der Waals surface area contributed by atoms with E-state index in [1.165, 1.54) is 117 Å². The number of benzene rings is 6. The fourth-order valence-corrected chi connectivity index (χ4v) is 14.4. The summed E-state index contributed by atoms with van der Waals surface area (Å²) >= 11 is 3.87. The van der Waals surface area contributed by atoms with Crippen LogP contribution in [0.2, 0.25) is 0 Å². The summed E-state index contributed by atoms with van der Waals surface area (Å²) in [6, 6.07) is 50.9. The Morgan fingerprint density at radius 3 is 2.12 bits per heavy atom. The third kappa shape index (κ3) is 6.61. The molecule has 8 aromatic rings. The van der Waals surface area contributed by atoms with E-state index in [0.717, 1.165) is 32.1 Å². The molecule has 0 N–H and O–H groups in total. The highest BCUT2D eigenvalue weighted by molar-refractivity contribution is 7.25. The molecule has 3 unspecified atom stereocenters. The van der Waals surface area contributed by atoms with Crippen LogP contribution in [0.5, 0.6) is 0 Å². The van der Waals surface area contributed by atoms with Gasteiger partial charge in [0, 0.05) is 42.8 Å². The van der Waals surface area contributed by atoms with Gasteiger partial charge in [-0.15, -0.1) is 22.7 Å². The van der Waals surface area contributed by atoms with Gasteiger partial charge in [0.05, 0.1) is 0 Å². The zero-order valence-corrected chi connectivity index (χ0v) is 39.4. The van der Waals surface area contributed by atoms with E-state index >= 15 is 0 Å². The van der Waals surface area contributed by atoms with Crippen LogP contribution in [0.3, 0.4) is 0 Å². The molecule has 0 spiro atoms. The topological polar surface area (TPSA) is 0 Å². The van der Waals surface area contributed by atoms with E-state index in [4.69, 9.17) is 0 Å². The van der Waals surface area contributed by atoms with Gasteiger partial charge in [-0.3, -0.25) is 0 Å². The fourth-order valence-electron chi connectivity index (χ4n) is 12.3. The van der Waals surface area contributed by atoms with Crippen molar-refractivity contribution in [3.05, 3.63) is 242 Å². The van der Waals surface area contributed by atoms with E-state index < -0.39 is 0 Å². The van der Waals surface area contributed by atoms with Crippen LogP contribution in [0.4, 0.5) is 0 Å². The quantitative estimate of drug-likeness (QED) is 0.156. The first-order valence-corrected chi connectivity index (χ1v) is 26.1. The Kier molecular flexibility index (Phi) is 9.59. The molecule has 6 aliphatic rings. The lowest BCUT2D eigenvalue weighted by Gasteiger charge is -2.34. The lowest BCUT2D eigenvalue weighted by Crippen LogP contribution is -2.40. The first-order valence-electron chi connectivity index (χ1n) is 24.4. The van der Waals surface area contributed by atoms with Gasteiger partial charge in [0.25, 0.3) is 0 Å². The van der Waals surface area contributed by atoms with Crippen LogP contribution in [-0.4, -0.2) is 0 Å². The molecule has 0 saturated carbocycles. The third-order valence-electron chi connectivity index (χ3n) is 15.4. The van der Waals surface area contributed by atoms with Crippen molar-refractivity contribution in [2.45, 2.75) is 32.1 Å². The summed E-state index contributed by atoms with van der Waals surface area (Å²) in [5, 5.41) is 13.6. The molecule has 6 aliphatic carbocycles. The van der Waals surface area contributed by atoms with E-state index in [9.17, 15) is 0 Å². The van der Waals surface area contributed by atoms with Crippen LogP contribution in [0.15, 0.2) is 199 Å². The van der Waals surface area contributed by atoms with Crippen LogP contribution in [0, 0.1) is 17.8 Å². The van der Waals surface area contributed by atoms with Crippen LogP contribution < -0.4 is 31.3 Å². The van der Waals surface area contributed by atoms with E-state index in [1.54, 1.807) is 5.57 Å². The molecule has 0 fully saturated rings. The van der Waals surface area contributed by atoms with Gasteiger partial charge >= 0.3 is 0 Å². The van der Waals surface area contributed by atoms with Gasteiger partial charge in [-0.1, -0.05) is 176 Å². The average Bonchev–Trinajstić information content (AvgIpc) is 4.10. The second-order valence-electron chi connectivity index (χ2n) is 19.2. The van der Waals surface area contributed by atoms with Crippen molar-refractivity contribution in [1.82, 2.24) is 0 Å². The molecule has 68 heavy (non-hydrogen) atoms. The molecule has 14 rings (SSSR count). The van der Waals surface area contributed by atoms with Gasteiger partial charge in [0.2, 0.25) is 0 Å². The Hall–Kier alpha value is -7.10.